The van der Waals surface area contributed by atoms with Gasteiger partial charge < -0.3 is 0 Å². The van der Waals surface area contributed by atoms with Gasteiger partial charge in [-0.2, -0.15) is 0 Å². The van der Waals surface area contributed by atoms with E-state index in [9.17, 15) is 0 Å². The van der Waals surface area contributed by atoms with Crippen LogP contribution in [0.1, 0.15) is 19.3 Å². The van der Waals surface area contributed by atoms with Crippen LogP contribution in [0.25, 0.3) is 0 Å². The van der Waals surface area contributed by atoms with Gasteiger partial charge >= 0.3 is 0 Å². The lowest BCUT2D eigenvalue weighted by Crippen LogP contribution is -1.89. The number of hydrogen-bond acceptors (Lipinski definition) is 1. The lowest BCUT2D eigenvalue weighted by Gasteiger charge is -1.97. The molecule has 0 bridgehead atoms. The number of rotatable bonds is 0. The second kappa shape index (κ2) is 1.96. The topological polar surface area (TPSA) is 12.4 Å². The molecule has 0 fully saturated rings. The summed E-state index contributed by atoms with van der Waals surface area (Å²) < 4.78 is 0. The minimum Gasteiger partial charge on any atom is -0.298 e. The van der Waals surface area contributed by atoms with Gasteiger partial charge in [0.2, 0.25) is 0 Å². The summed E-state index contributed by atoms with van der Waals surface area (Å²) in [6, 6.07) is 0. The van der Waals surface area contributed by atoms with E-state index in [1.807, 2.05) is 6.21 Å². The third-order valence-electron chi connectivity index (χ3n) is 1.000. The summed E-state index contributed by atoms with van der Waals surface area (Å²) >= 11 is 0. The Morgan fingerprint density at radius 1 is 1.33 bits per heavy atom. The van der Waals surface area contributed by atoms with Crippen LogP contribution in [0, 0.1) is 0 Å². The van der Waals surface area contributed by atoms with Crippen LogP contribution in [0.15, 0.2) is 4.99 Å². The van der Waals surface area contributed by atoms with E-state index in [1.54, 1.807) is 0 Å². The van der Waals surface area contributed by atoms with Crippen molar-refractivity contribution in [1.82, 2.24) is 0 Å². The molecule has 1 heteroatoms. The predicted molar refractivity (Wildman–Crippen MR) is 27.2 cm³/mol. The summed E-state index contributed by atoms with van der Waals surface area (Å²) in [6.07, 6.45) is 5.88. The molecule has 1 aliphatic rings. The van der Waals surface area contributed by atoms with Crippen molar-refractivity contribution in [3.63, 3.8) is 0 Å². The highest BCUT2D eigenvalue weighted by atomic mass is 15.0. The minimum atomic E-state index is 1.07. The van der Waals surface area contributed by atoms with Gasteiger partial charge in [-0.15, -0.1) is 0 Å². The molecule has 6 heavy (non-hydrogen) atoms. The van der Waals surface area contributed by atoms with Gasteiger partial charge in [-0.1, -0.05) is 0 Å². The Morgan fingerprint density at radius 2 is 2.33 bits per heavy atom. The van der Waals surface area contributed by atoms with E-state index in [1.165, 1.54) is 19.3 Å². The highest BCUT2D eigenvalue weighted by molar-refractivity contribution is 5.57. The van der Waals surface area contributed by atoms with Gasteiger partial charge in [0.15, 0.2) is 0 Å². The summed E-state index contributed by atoms with van der Waals surface area (Å²) in [5, 5.41) is 0. The van der Waals surface area contributed by atoms with Crippen LogP contribution in [0.5, 0.6) is 0 Å². The number of aliphatic imine (C=N–C) groups is 1. The van der Waals surface area contributed by atoms with E-state index >= 15 is 0 Å². The molecule has 0 N–H and O–H groups in total. The second-order valence-corrected chi connectivity index (χ2v) is 1.58. The number of hydrogen-bond donors (Lipinski definition) is 0. The molecule has 1 aliphatic heterocycles. The maximum absolute atomic E-state index is 4.05. The molecule has 34 valence electrons. The Bertz CT molecular complexity index is 49.0. The molecule has 0 aromatic rings. The molecule has 0 aliphatic carbocycles. The fraction of sp³-hybridized carbons (Fsp3) is 0.800. The SMILES string of the molecule is C1=N[13CH2][13CH2]CC1. The van der Waals surface area contributed by atoms with Gasteiger partial charge in [-0.25, -0.2) is 0 Å². The highest BCUT2D eigenvalue weighted by Gasteiger charge is 1.88. The van der Waals surface area contributed by atoms with Gasteiger partial charge in [-0.05, 0) is 25.5 Å². The maximum atomic E-state index is 4.05. The Labute approximate surface area is 38.1 Å². The quantitative estimate of drug-likeness (QED) is 0.392. The largest absolute Gasteiger partial charge is 0.298 e. The molecule has 0 saturated heterocycles. The van der Waals surface area contributed by atoms with Crippen LogP contribution < -0.4 is 0 Å². The molecule has 0 atom stereocenters. The fourth-order valence-corrected chi connectivity index (χ4v) is 0.621. The van der Waals surface area contributed by atoms with Crippen molar-refractivity contribution in [2.24, 2.45) is 4.99 Å². The third-order valence-corrected chi connectivity index (χ3v) is 1.000. The normalized spacial score (nSPS) is 21.3. The molecule has 1 rings (SSSR count). The Balaban J connectivity index is 2.26. The Hall–Kier alpha value is -0.330. The second-order valence-electron chi connectivity index (χ2n) is 1.58. The first-order valence-electron chi connectivity index (χ1n) is 2.48. The van der Waals surface area contributed by atoms with E-state index in [0.29, 0.717) is 0 Å². The summed E-state index contributed by atoms with van der Waals surface area (Å²) in [4.78, 5) is 4.05. The van der Waals surface area contributed by atoms with Crippen molar-refractivity contribution in [3.05, 3.63) is 0 Å². The third kappa shape index (κ3) is 0.814. The first kappa shape index (κ1) is 3.85. The van der Waals surface area contributed by atoms with Crippen molar-refractivity contribution in [2.75, 3.05) is 6.54 Å². The molecule has 0 amide bonds. The van der Waals surface area contributed by atoms with Gasteiger partial charge in [0.05, 0.1) is 0 Å². The van der Waals surface area contributed by atoms with Gasteiger partial charge in [-0.3, -0.25) is 4.99 Å². The van der Waals surface area contributed by atoms with Gasteiger partial charge in [0.25, 0.3) is 0 Å². The standard InChI is InChI=1S/C5H9N/c1-2-4-6-5-3-1/h4H,1-3,5H2/i3+1,5+1. The van der Waals surface area contributed by atoms with Crippen LogP contribution in [0.2, 0.25) is 0 Å². The average molecular weight is 85.1 g/mol. The first-order valence-corrected chi connectivity index (χ1v) is 2.48. The molecular weight excluding hydrogens is 76.0 g/mol. The maximum Gasteiger partial charge on any atom is 0.0385 e. The van der Waals surface area contributed by atoms with Crippen LogP contribution in [0.4, 0.5) is 0 Å². The van der Waals surface area contributed by atoms with E-state index in [4.69, 9.17) is 0 Å². The lowest BCUT2D eigenvalue weighted by atomic mass is 10.4. The Morgan fingerprint density at radius 3 is 2.50 bits per heavy atom. The van der Waals surface area contributed by atoms with Crippen molar-refractivity contribution < 1.29 is 0 Å². The predicted octanol–water partition coefficient (Wildman–Crippen LogP) is 1.24. The van der Waals surface area contributed by atoms with Crippen LogP contribution in [-0.2, 0) is 0 Å². The smallest absolute Gasteiger partial charge is 0.0385 e. The van der Waals surface area contributed by atoms with E-state index in [-0.39, 0.29) is 0 Å². The van der Waals surface area contributed by atoms with Crippen molar-refractivity contribution in [2.45, 2.75) is 19.3 Å². The van der Waals surface area contributed by atoms with E-state index in [0.717, 1.165) is 6.54 Å². The fourth-order valence-electron chi connectivity index (χ4n) is 0.621. The van der Waals surface area contributed by atoms with Gasteiger partial charge in [0, 0.05) is 6.54 Å². The van der Waals surface area contributed by atoms with E-state index in [2.05, 4.69) is 4.99 Å². The summed E-state index contributed by atoms with van der Waals surface area (Å²) in [5.41, 5.74) is 0. The van der Waals surface area contributed by atoms with E-state index < -0.39 is 0 Å². The van der Waals surface area contributed by atoms with Crippen LogP contribution >= 0.6 is 0 Å². The molecule has 0 spiro atoms. The Kier molecular flexibility index (Phi) is 1.25. The molecule has 0 radical (unpaired) electrons. The zero-order chi connectivity index (χ0) is 4.24. The van der Waals surface area contributed by atoms with Crippen LogP contribution in [0.3, 0.4) is 0 Å². The zero-order valence-electron chi connectivity index (χ0n) is 3.85. The average Bonchev–Trinajstić information content (AvgIpc) is 1.72. The summed E-state index contributed by atoms with van der Waals surface area (Å²) in [5.74, 6) is 0. The number of nitrogens with zero attached hydrogens (tertiary/aromatic N) is 1. The molecule has 0 aromatic heterocycles. The van der Waals surface area contributed by atoms with Crippen LogP contribution in [-0.4, -0.2) is 12.8 Å². The van der Waals surface area contributed by atoms with Crippen molar-refractivity contribution >= 4 is 6.21 Å². The molecule has 0 unspecified atom stereocenters. The molecular formula is C5H9N. The lowest BCUT2D eigenvalue weighted by molar-refractivity contribution is 0.749. The molecule has 1 heterocycles. The molecule has 0 saturated carbocycles. The summed E-state index contributed by atoms with van der Waals surface area (Å²) in [6.45, 7) is 1.07. The zero-order valence-corrected chi connectivity index (χ0v) is 3.85. The first-order chi connectivity index (χ1) is 3.00. The highest BCUT2D eigenvalue weighted by Crippen LogP contribution is 1.97. The minimum absolute atomic E-state index is 1.07. The molecule has 1 nitrogen and oxygen atoms in total. The molecule has 0 aromatic carbocycles. The van der Waals surface area contributed by atoms with Crippen molar-refractivity contribution in [3.8, 4) is 0 Å². The van der Waals surface area contributed by atoms with Gasteiger partial charge in [0.1, 0.15) is 0 Å². The summed E-state index contributed by atoms with van der Waals surface area (Å²) in [7, 11) is 0. The van der Waals surface area contributed by atoms with Crippen molar-refractivity contribution in [1.29, 1.82) is 0 Å². The monoisotopic (exact) mass is 85.1 g/mol.